The normalized spacial score (nSPS) is 23.3. The minimum absolute atomic E-state index is 0.0918. The molecule has 0 radical (unpaired) electrons. The van der Waals surface area contributed by atoms with Gasteiger partial charge < -0.3 is 15.2 Å². The van der Waals surface area contributed by atoms with Crippen molar-refractivity contribution in [1.29, 1.82) is 0 Å². The minimum atomic E-state index is -4.19. The Bertz CT molecular complexity index is 749. The molecular formula is C14H18FN3O5S. The van der Waals surface area contributed by atoms with Crippen LogP contribution in [-0.2, 0) is 26.2 Å². The largest absolute Gasteiger partial charge is 0.506 e. The zero-order valence-corrected chi connectivity index (χ0v) is 13.6. The zero-order valence-electron chi connectivity index (χ0n) is 12.8. The highest BCUT2D eigenvalue weighted by Gasteiger charge is 2.37. The summed E-state index contributed by atoms with van der Waals surface area (Å²) in [6, 6.07) is 2.74. The van der Waals surface area contributed by atoms with E-state index in [4.69, 9.17) is 4.74 Å². The number of halogens is 1. The average molecular weight is 359 g/mol. The van der Waals surface area contributed by atoms with Gasteiger partial charge in [-0.2, -0.15) is 8.42 Å². The van der Waals surface area contributed by atoms with Crippen LogP contribution in [0.3, 0.4) is 0 Å². The van der Waals surface area contributed by atoms with Crippen molar-refractivity contribution in [2.75, 3.05) is 30.6 Å². The van der Waals surface area contributed by atoms with Crippen molar-refractivity contribution < 1.29 is 27.4 Å². The number of hydrogen-bond donors (Lipinski definition) is 3. The van der Waals surface area contributed by atoms with Crippen molar-refractivity contribution >= 4 is 21.8 Å². The molecule has 2 aliphatic heterocycles. The lowest BCUT2D eigenvalue weighted by Crippen LogP contribution is -2.41. The molecule has 0 aromatic heterocycles. The van der Waals surface area contributed by atoms with Crippen LogP contribution in [0.15, 0.2) is 12.1 Å². The first-order valence-corrected chi connectivity index (χ1v) is 8.97. The van der Waals surface area contributed by atoms with E-state index >= 15 is 0 Å². The molecule has 3 rings (SSSR count). The molecule has 8 nitrogen and oxygen atoms in total. The number of aryl methyl sites for hydroxylation is 1. The molecule has 1 atom stereocenters. The summed E-state index contributed by atoms with van der Waals surface area (Å²) in [4.78, 5) is 11.3. The third kappa shape index (κ3) is 3.30. The molecule has 0 aliphatic carbocycles. The number of nitrogens with zero attached hydrogens (tertiary/aromatic N) is 1. The summed E-state index contributed by atoms with van der Waals surface area (Å²) >= 11 is 0. The molecule has 3 N–H and O–H groups in total. The molecule has 2 saturated heterocycles. The molecule has 132 valence electrons. The number of carbonyl (C=O) groups excluding carboxylic acids is 1. The fraction of sp³-hybridized carbons (Fsp3) is 0.500. The molecule has 2 fully saturated rings. The molecule has 24 heavy (non-hydrogen) atoms. The van der Waals surface area contributed by atoms with E-state index in [1.54, 1.807) is 4.72 Å². The fourth-order valence-corrected chi connectivity index (χ4v) is 3.97. The van der Waals surface area contributed by atoms with Crippen LogP contribution >= 0.6 is 0 Å². The maximum Gasteiger partial charge on any atom is 0.326 e. The van der Waals surface area contributed by atoms with E-state index in [1.807, 2.05) is 0 Å². The smallest absolute Gasteiger partial charge is 0.326 e. The number of ether oxygens (including phenoxy) is 1. The Morgan fingerprint density at radius 2 is 2.21 bits per heavy atom. The lowest BCUT2D eigenvalue weighted by Gasteiger charge is -2.24. The van der Waals surface area contributed by atoms with Crippen molar-refractivity contribution in [1.82, 2.24) is 10.0 Å². The molecule has 2 heterocycles. The van der Waals surface area contributed by atoms with Crippen molar-refractivity contribution in [2.45, 2.75) is 18.9 Å². The van der Waals surface area contributed by atoms with E-state index < -0.39 is 39.9 Å². The summed E-state index contributed by atoms with van der Waals surface area (Å²) in [5.41, 5.74) is -0.233. The number of hydrogen-bond acceptors (Lipinski definition) is 6. The summed E-state index contributed by atoms with van der Waals surface area (Å²) in [6.07, 6.45) is 0.945. The van der Waals surface area contributed by atoms with Gasteiger partial charge in [0.1, 0.15) is 18.0 Å². The average Bonchev–Trinajstić information content (AvgIpc) is 2.80. The molecular weight excluding hydrogens is 341 g/mol. The van der Waals surface area contributed by atoms with Crippen LogP contribution in [0.25, 0.3) is 0 Å². The first-order valence-electron chi connectivity index (χ1n) is 7.53. The maximum absolute atomic E-state index is 14.8. The molecule has 10 heteroatoms. The molecule has 1 aromatic carbocycles. The lowest BCUT2D eigenvalue weighted by molar-refractivity contribution is -0.117. The zero-order chi connectivity index (χ0) is 17.3. The first kappa shape index (κ1) is 16.9. The van der Waals surface area contributed by atoms with E-state index in [0.29, 0.717) is 30.4 Å². The Hall–Kier alpha value is -1.91. The molecule has 1 amide bonds. The number of aromatic hydroxyl groups is 1. The Morgan fingerprint density at radius 1 is 1.42 bits per heavy atom. The second-order valence-electron chi connectivity index (χ2n) is 5.71. The van der Waals surface area contributed by atoms with E-state index in [9.17, 15) is 22.7 Å². The molecule has 0 bridgehead atoms. The minimum Gasteiger partial charge on any atom is -0.506 e. The van der Waals surface area contributed by atoms with Gasteiger partial charge in [0.05, 0.1) is 13.2 Å². The van der Waals surface area contributed by atoms with Crippen molar-refractivity contribution in [3.8, 4) is 5.75 Å². The number of anilines is 1. The van der Waals surface area contributed by atoms with Crippen molar-refractivity contribution in [3.63, 3.8) is 0 Å². The number of phenols is 1. The van der Waals surface area contributed by atoms with E-state index in [0.717, 1.165) is 6.54 Å². The van der Waals surface area contributed by atoms with Gasteiger partial charge in [-0.1, -0.05) is 6.07 Å². The molecule has 0 spiro atoms. The third-order valence-corrected chi connectivity index (χ3v) is 5.38. The lowest BCUT2D eigenvalue weighted by atomic mass is 10.0. The van der Waals surface area contributed by atoms with Gasteiger partial charge in [-0.3, -0.25) is 4.79 Å². The highest BCUT2D eigenvalue weighted by Crippen LogP contribution is 2.35. The quantitative estimate of drug-likeness (QED) is 0.677. The number of amides is 1. The first-order chi connectivity index (χ1) is 11.4. The van der Waals surface area contributed by atoms with Gasteiger partial charge in [-0.15, -0.1) is 0 Å². The number of phenolic OH excluding ortho intramolecular Hbond substituents is 1. The van der Waals surface area contributed by atoms with Crippen LogP contribution in [0.5, 0.6) is 5.75 Å². The Labute approximate surface area is 138 Å². The van der Waals surface area contributed by atoms with Gasteiger partial charge in [0.25, 0.3) is 5.91 Å². The van der Waals surface area contributed by atoms with Gasteiger partial charge in [0.15, 0.2) is 5.82 Å². The van der Waals surface area contributed by atoms with Gasteiger partial charge >= 0.3 is 10.2 Å². The van der Waals surface area contributed by atoms with Gasteiger partial charge in [-0.05, 0) is 24.5 Å². The summed E-state index contributed by atoms with van der Waals surface area (Å²) in [5, 5.41) is 13.1. The van der Waals surface area contributed by atoms with Gasteiger partial charge in [-0.25, -0.2) is 13.4 Å². The second kappa shape index (κ2) is 6.54. The van der Waals surface area contributed by atoms with E-state index in [2.05, 4.69) is 5.32 Å². The second-order valence-corrected chi connectivity index (χ2v) is 7.30. The predicted molar refractivity (Wildman–Crippen MR) is 83.4 cm³/mol. The van der Waals surface area contributed by atoms with Gasteiger partial charge in [0, 0.05) is 12.6 Å². The topological polar surface area (TPSA) is 108 Å². The number of nitrogens with one attached hydrogen (secondary N) is 2. The summed E-state index contributed by atoms with van der Waals surface area (Å²) in [5.74, 6) is -2.15. The van der Waals surface area contributed by atoms with Crippen molar-refractivity contribution in [3.05, 3.63) is 23.5 Å². The molecule has 1 unspecified atom stereocenters. The van der Waals surface area contributed by atoms with Crippen LogP contribution in [0.2, 0.25) is 0 Å². The van der Waals surface area contributed by atoms with Crippen LogP contribution in [-0.4, -0.2) is 51.8 Å². The van der Waals surface area contributed by atoms with Crippen LogP contribution in [0.4, 0.5) is 10.1 Å². The number of morpholine rings is 1. The Morgan fingerprint density at radius 3 is 2.83 bits per heavy atom. The number of benzene rings is 1. The number of rotatable bonds is 4. The van der Waals surface area contributed by atoms with Gasteiger partial charge in [0.2, 0.25) is 0 Å². The monoisotopic (exact) mass is 359 g/mol. The Balaban J connectivity index is 1.84. The molecule has 1 aromatic rings. The van der Waals surface area contributed by atoms with Crippen LogP contribution < -0.4 is 14.3 Å². The fourth-order valence-electron chi connectivity index (χ4n) is 2.81. The predicted octanol–water partition coefficient (Wildman–Crippen LogP) is -0.367. The highest BCUT2D eigenvalue weighted by molar-refractivity contribution is 7.92. The van der Waals surface area contributed by atoms with Crippen LogP contribution in [0.1, 0.15) is 12.0 Å². The van der Waals surface area contributed by atoms with Crippen molar-refractivity contribution in [2.24, 2.45) is 0 Å². The van der Waals surface area contributed by atoms with E-state index in [-0.39, 0.29) is 11.6 Å². The molecule has 0 saturated carbocycles. The summed E-state index contributed by atoms with van der Waals surface area (Å²) in [6.45, 7) is 1.34. The SMILES string of the molecule is O=C1CN(c2c(O)ccc(CCC3COCCN3)c2F)S(=O)(=O)N1. The van der Waals surface area contributed by atoms with Crippen LogP contribution in [0, 0.1) is 5.82 Å². The Kier molecular flexibility index (Phi) is 4.61. The standard InChI is InChI=1S/C14H18FN3O5S/c15-13-9(1-3-10-8-23-6-5-16-10)2-4-11(19)14(13)18-7-12(20)17-24(18,21)22/h2,4,10,16,19H,1,3,5-8H2,(H,17,20). The third-order valence-electron chi connectivity index (χ3n) is 4.00. The van der Waals surface area contributed by atoms with E-state index in [1.165, 1.54) is 12.1 Å². The summed E-state index contributed by atoms with van der Waals surface area (Å²) < 4.78 is 46.2. The number of carbonyl (C=O) groups is 1. The highest BCUT2D eigenvalue weighted by atomic mass is 32.2. The maximum atomic E-state index is 14.8. The molecule has 2 aliphatic rings. The summed E-state index contributed by atoms with van der Waals surface area (Å²) in [7, 11) is -4.19.